The van der Waals surface area contributed by atoms with Gasteiger partial charge in [0.1, 0.15) is 11.3 Å². The summed E-state index contributed by atoms with van der Waals surface area (Å²) in [7, 11) is 0. The number of nitrogens with one attached hydrogen (secondary N) is 1. The molecule has 6 heteroatoms. The van der Waals surface area contributed by atoms with E-state index in [0.29, 0.717) is 18.0 Å². The Morgan fingerprint density at radius 2 is 1.96 bits per heavy atom. The highest BCUT2D eigenvalue weighted by Crippen LogP contribution is 2.24. The van der Waals surface area contributed by atoms with E-state index in [-0.39, 0.29) is 13.0 Å². The van der Waals surface area contributed by atoms with E-state index in [2.05, 4.69) is 5.32 Å². The van der Waals surface area contributed by atoms with Gasteiger partial charge < -0.3 is 19.2 Å². The second-order valence-corrected chi connectivity index (χ2v) is 6.08. The molecule has 3 rings (SSSR count). The number of amides is 1. The zero-order valence-corrected chi connectivity index (χ0v) is 15.3. The summed E-state index contributed by atoms with van der Waals surface area (Å²) in [6, 6.07) is 12.9. The molecule has 0 fully saturated rings. The van der Waals surface area contributed by atoms with Crippen molar-refractivity contribution in [3.05, 3.63) is 59.9 Å². The molecule has 0 aliphatic rings. The van der Waals surface area contributed by atoms with Crippen molar-refractivity contribution in [3.63, 3.8) is 0 Å². The van der Waals surface area contributed by atoms with Crippen LogP contribution in [0, 0.1) is 6.92 Å². The van der Waals surface area contributed by atoms with E-state index < -0.39 is 11.9 Å². The third kappa shape index (κ3) is 4.67. The number of para-hydroxylation sites is 2. The Hall–Kier alpha value is -3.28. The normalized spacial score (nSPS) is 10.6. The van der Waals surface area contributed by atoms with Gasteiger partial charge in [-0.25, -0.2) is 0 Å². The van der Waals surface area contributed by atoms with Crippen LogP contribution in [-0.2, 0) is 20.7 Å². The Kier molecular flexibility index (Phi) is 5.76. The Bertz CT molecular complexity index is 960. The molecule has 3 aromatic rings. The first-order valence-electron chi connectivity index (χ1n) is 8.71. The molecule has 1 heterocycles. The average Bonchev–Trinajstić information content (AvgIpc) is 3.03. The third-order valence-corrected chi connectivity index (χ3v) is 3.97. The lowest BCUT2D eigenvalue weighted by Gasteiger charge is -2.11. The topological polar surface area (TPSA) is 77.8 Å². The van der Waals surface area contributed by atoms with Gasteiger partial charge in [-0.1, -0.05) is 24.3 Å². The number of fused-ring (bicyclic) bond motifs is 1. The molecule has 27 heavy (non-hydrogen) atoms. The minimum Gasteiger partial charge on any atom is -0.492 e. The van der Waals surface area contributed by atoms with Gasteiger partial charge in [-0.15, -0.1) is 0 Å². The summed E-state index contributed by atoms with van der Waals surface area (Å²) in [6.45, 7) is 3.95. The van der Waals surface area contributed by atoms with Crippen LogP contribution in [0.25, 0.3) is 11.0 Å². The second-order valence-electron chi connectivity index (χ2n) is 6.08. The largest absolute Gasteiger partial charge is 0.492 e. The van der Waals surface area contributed by atoms with Crippen LogP contribution in [0.3, 0.4) is 0 Å². The molecular formula is C21H21NO5. The van der Waals surface area contributed by atoms with Crippen molar-refractivity contribution in [3.8, 4) is 5.75 Å². The summed E-state index contributed by atoms with van der Waals surface area (Å²) < 4.78 is 16.0. The van der Waals surface area contributed by atoms with Crippen molar-refractivity contribution in [1.29, 1.82) is 0 Å². The van der Waals surface area contributed by atoms with E-state index in [4.69, 9.17) is 13.9 Å². The molecule has 0 aliphatic carbocycles. The number of anilines is 1. The van der Waals surface area contributed by atoms with Gasteiger partial charge in [-0.05, 0) is 37.6 Å². The molecule has 0 bridgehead atoms. The van der Waals surface area contributed by atoms with Crippen LogP contribution in [0.15, 0.2) is 53.1 Å². The Balaban J connectivity index is 1.55. The molecule has 0 saturated heterocycles. The predicted octanol–water partition coefficient (Wildman–Crippen LogP) is 3.86. The number of ether oxygens (including phenoxy) is 2. The van der Waals surface area contributed by atoms with Gasteiger partial charge in [0.05, 0.1) is 25.0 Å². The summed E-state index contributed by atoms with van der Waals surface area (Å²) in [5.74, 6) is -0.352. The fourth-order valence-corrected chi connectivity index (χ4v) is 2.72. The molecule has 0 spiro atoms. The zero-order valence-electron chi connectivity index (χ0n) is 15.3. The van der Waals surface area contributed by atoms with Gasteiger partial charge >= 0.3 is 5.97 Å². The highest BCUT2D eigenvalue weighted by molar-refractivity contribution is 5.94. The molecule has 0 unspecified atom stereocenters. The predicted molar refractivity (Wildman–Crippen MR) is 102 cm³/mol. The van der Waals surface area contributed by atoms with Gasteiger partial charge in [0.15, 0.2) is 6.61 Å². The van der Waals surface area contributed by atoms with E-state index in [1.807, 2.05) is 38.1 Å². The first-order valence-corrected chi connectivity index (χ1v) is 8.71. The van der Waals surface area contributed by atoms with Crippen LogP contribution in [0.4, 0.5) is 5.69 Å². The number of esters is 1. The second kappa shape index (κ2) is 8.40. The van der Waals surface area contributed by atoms with Crippen molar-refractivity contribution in [2.75, 3.05) is 18.5 Å². The maximum absolute atomic E-state index is 12.1. The van der Waals surface area contributed by atoms with Crippen LogP contribution in [0.5, 0.6) is 5.75 Å². The van der Waals surface area contributed by atoms with Gasteiger partial charge in [-0.2, -0.15) is 0 Å². The zero-order chi connectivity index (χ0) is 19.2. The summed E-state index contributed by atoms with van der Waals surface area (Å²) in [5.41, 5.74) is 3.08. The van der Waals surface area contributed by atoms with E-state index in [1.54, 1.807) is 24.5 Å². The lowest BCUT2D eigenvalue weighted by molar-refractivity contribution is -0.146. The highest BCUT2D eigenvalue weighted by atomic mass is 16.5. The molecule has 0 aliphatic heterocycles. The van der Waals surface area contributed by atoms with Crippen molar-refractivity contribution < 1.29 is 23.5 Å². The Labute approximate surface area is 157 Å². The molecule has 1 amide bonds. The van der Waals surface area contributed by atoms with Crippen LogP contribution >= 0.6 is 0 Å². The average molecular weight is 367 g/mol. The SMILES string of the molecule is CCOc1ccccc1NC(=O)COC(=O)Cc1coc2cc(C)ccc12. The summed E-state index contributed by atoms with van der Waals surface area (Å²) in [4.78, 5) is 24.1. The monoisotopic (exact) mass is 367 g/mol. The summed E-state index contributed by atoms with van der Waals surface area (Å²) in [6.07, 6.45) is 1.59. The smallest absolute Gasteiger partial charge is 0.310 e. The van der Waals surface area contributed by atoms with Crippen molar-refractivity contribution in [1.82, 2.24) is 0 Å². The van der Waals surface area contributed by atoms with Crippen LogP contribution in [0.2, 0.25) is 0 Å². The van der Waals surface area contributed by atoms with Gasteiger partial charge in [0.25, 0.3) is 5.91 Å². The van der Waals surface area contributed by atoms with Gasteiger partial charge in [-0.3, -0.25) is 9.59 Å². The fraction of sp³-hybridized carbons (Fsp3) is 0.238. The number of carbonyl (C=O) groups is 2. The van der Waals surface area contributed by atoms with Crippen LogP contribution in [-0.4, -0.2) is 25.1 Å². The highest BCUT2D eigenvalue weighted by Gasteiger charge is 2.14. The Morgan fingerprint density at radius 3 is 2.78 bits per heavy atom. The van der Waals surface area contributed by atoms with Crippen molar-refractivity contribution in [2.45, 2.75) is 20.3 Å². The number of rotatable bonds is 7. The molecule has 0 atom stereocenters. The molecule has 1 aromatic heterocycles. The van der Waals surface area contributed by atoms with E-state index in [9.17, 15) is 9.59 Å². The number of hydrogen-bond acceptors (Lipinski definition) is 5. The maximum atomic E-state index is 12.1. The van der Waals surface area contributed by atoms with Crippen molar-refractivity contribution >= 4 is 28.5 Å². The van der Waals surface area contributed by atoms with Crippen LogP contribution < -0.4 is 10.1 Å². The van der Waals surface area contributed by atoms with E-state index in [0.717, 1.165) is 22.1 Å². The van der Waals surface area contributed by atoms with E-state index in [1.165, 1.54) is 0 Å². The molecule has 2 aromatic carbocycles. The number of aryl methyl sites for hydroxylation is 1. The lowest BCUT2D eigenvalue weighted by atomic mass is 10.1. The van der Waals surface area contributed by atoms with Gasteiger partial charge in [0.2, 0.25) is 0 Å². The minimum atomic E-state index is -0.494. The van der Waals surface area contributed by atoms with Crippen molar-refractivity contribution in [2.24, 2.45) is 0 Å². The molecular weight excluding hydrogens is 346 g/mol. The molecule has 0 radical (unpaired) electrons. The number of furan rings is 1. The first-order chi connectivity index (χ1) is 13.1. The van der Waals surface area contributed by atoms with Crippen LogP contribution in [0.1, 0.15) is 18.1 Å². The first kappa shape index (κ1) is 18.5. The standard InChI is InChI=1S/C21H21NO5/c1-3-25-18-7-5-4-6-17(18)22-20(23)13-27-21(24)11-15-12-26-19-10-14(2)8-9-16(15)19/h4-10,12H,3,11,13H2,1-2H3,(H,22,23). The lowest BCUT2D eigenvalue weighted by Crippen LogP contribution is -2.22. The molecule has 0 saturated carbocycles. The number of hydrogen-bond donors (Lipinski definition) is 1. The van der Waals surface area contributed by atoms with E-state index >= 15 is 0 Å². The minimum absolute atomic E-state index is 0.0405. The number of carbonyl (C=O) groups excluding carboxylic acids is 2. The molecule has 140 valence electrons. The Morgan fingerprint density at radius 1 is 1.15 bits per heavy atom. The molecule has 1 N–H and O–H groups in total. The summed E-state index contributed by atoms with van der Waals surface area (Å²) >= 11 is 0. The fourth-order valence-electron chi connectivity index (χ4n) is 2.72. The maximum Gasteiger partial charge on any atom is 0.310 e. The number of benzene rings is 2. The third-order valence-electron chi connectivity index (χ3n) is 3.97. The molecule has 6 nitrogen and oxygen atoms in total. The summed E-state index contributed by atoms with van der Waals surface area (Å²) in [5, 5.41) is 3.55. The quantitative estimate of drug-likeness (QED) is 0.642. The van der Waals surface area contributed by atoms with Gasteiger partial charge in [0, 0.05) is 10.9 Å².